The predicted molar refractivity (Wildman–Crippen MR) is 48.9 cm³/mol. The van der Waals surface area contributed by atoms with Crippen molar-refractivity contribution in [3.05, 3.63) is 37.7 Å². The van der Waals surface area contributed by atoms with Crippen LogP contribution in [0.4, 0.5) is 14.6 Å². The Bertz CT molecular complexity index is 475. The lowest BCUT2D eigenvalue weighted by Crippen LogP contribution is -2.15. The number of hydrogen-bond donors (Lipinski definition) is 1. The highest BCUT2D eigenvalue weighted by Gasteiger charge is 2.28. The molecule has 86 valence electrons. The monoisotopic (exact) mass is 252 g/mol. The van der Waals surface area contributed by atoms with Gasteiger partial charge in [-0.3, -0.25) is 4.79 Å². The predicted octanol–water partition coefficient (Wildman–Crippen LogP) is 1.60. The first-order chi connectivity index (χ1) is 7.34. The van der Waals surface area contributed by atoms with E-state index in [4.69, 9.17) is 11.6 Å². The van der Waals surface area contributed by atoms with Crippen LogP contribution < -0.4 is 5.56 Å². The third-order valence-electron chi connectivity index (χ3n) is 1.67. The lowest BCUT2D eigenvalue weighted by molar-refractivity contribution is -0.391. The number of H-pyrrole nitrogens is 1. The summed E-state index contributed by atoms with van der Waals surface area (Å²) in [6.07, 6.45) is -3.30. The number of nitrogens with zero attached hydrogens (tertiary/aromatic N) is 1. The molecule has 1 heterocycles. The van der Waals surface area contributed by atoms with E-state index in [0.717, 1.165) is 0 Å². The molecule has 0 saturated carbocycles. The summed E-state index contributed by atoms with van der Waals surface area (Å²) >= 11 is 4.95. The van der Waals surface area contributed by atoms with Crippen LogP contribution in [0.15, 0.2) is 10.9 Å². The summed E-state index contributed by atoms with van der Waals surface area (Å²) in [5.74, 6) is -1.23. The molecule has 0 fully saturated rings. The molecule has 1 rings (SSSR count). The Morgan fingerprint density at radius 2 is 2.12 bits per heavy atom. The maximum atomic E-state index is 12.5. The number of alkyl halides is 2. The fourth-order valence-corrected chi connectivity index (χ4v) is 1.24. The number of aromatic amines is 1. The first-order valence-corrected chi connectivity index (χ1v) is 4.12. The summed E-state index contributed by atoms with van der Waals surface area (Å²) in [6, 6.07) is 0.490. The Balaban J connectivity index is 3.67. The summed E-state index contributed by atoms with van der Waals surface area (Å²) in [6.45, 7) is 0. The van der Waals surface area contributed by atoms with Gasteiger partial charge in [-0.25, -0.2) is 18.6 Å². The molecule has 0 aromatic carbocycles. The fraction of sp³-hybridized carbons (Fsp3) is 0.143. The van der Waals surface area contributed by atoms with Gasteiger partial charge in [-0.2, -0.15) is 0 Å². The van der Waals surface area contributed by atoms with Gasteiger partial charge >= 0.3 is 11.4 Å². The lowest BCUT2D eigenvalue weighted by Gasteiger charge is -2.05. The standard InChI is InChI=1S/C7H3ClF2N2O4/c8-5(14)2-1-3(13)11-7(12(15)16)4(2)6(9)10/h1,6H,(H,11,13). The minimum atomic E-state index is -3.30. The molecule has 0 spiro atoms. The van der Waals surface area contributed by atoms with E-state index < -0.39 is 39.1 Å². The molecular weight excluding hydrogens is 250 g/mol. The zero-order valence-corrected chi connectivity index (χ0v) is 8.12. The van der Waals surface area contributed by atoms with E-state index in [1.807, 2.05) is 0 Å². The van der Waals surface area contributed by atoms with E-state index in [1.54, 1.807) is 4.98 Å². The van der Waals surface area contributed by atoms with Crippen molar-refractivity contribution >= 4 is 22.7 Å². The molecule has 0 amide bonds. The Kier molecular flexibility index (Phi) is 3.33. The molecule has 0 unspecified atom stereocenters. The smallest absolute Gasteiger partial charge is 0.333 e. The molecule has 0 bridgehead atoms. The highest BCUT2D eigenvalue weighted by atomic mass is 35.5. The minimum Gasteiger partial charge on any atom is -0.358 e. The van der Waals surface area contributed by atoms with Crippen LogP contribution in [0.2, 0.25) is 0 Å². The van der Waals surface area contributed by atoms with Crippen molar-refractivity contribution in [1.82, 2.24) is 4.98 Å². The Labute approximate surface area is 91.0 Å². The van der Waals surface area contributed by atoms with Gasteiger partial charge in [0.2, 0.25) is 0 Å². The number of halogens is 3. The first-order valence-electron chi connectivity index (χ1n) is 3.74. The van der Waals surface area contributed by atoms with E-state index >= 15 is 0 Å². The van der Waals surface area contributed by atoms with Crippen molar-refractivity contribution in [2.24, 2.45) is 0 Å². The molecule has 0 radical (unpaired) electrons. The minimum absolute atomic E-state index is 0.490. The van der Waals surface area contributed by atoms with E-state index in [-0.39, 0.29) is 0 Å². The Hall–Kier alpha value is -1.83. The highest BCUT2D eigenvalue weighted by Crippen LogP contribution is 2.29. The van der Waals surface area contributed by atoms with Gasteiger partial charge in [0.1, 0.15) is 5.56 Å². The molecule has 1 aromatic rings. The Morgan fingerprint density at radius 3 is 2.50 bits per heavy atom. The van der Waals surface area contributed by atoms with Crippen molar-refractivity contribution in [2.75, 3.05) is 0 Å². The molecule has 0 aliphatic heterocycles. The number of aromatic nitrogens is 1. The SMILES string of the molecule is O=C(Cl)c1cc(=O)[nH]c([N+](=O)[O-])c1C(F)F. The van der Waals surface area contributed by atoms with Gasteiger partial charge in [-0.05, 0) is 16.5 Å². The highest BCUT2D eigenvalue weighted by molar-refractivity contribution is 6.68. The van der Waals surface area contributed by atoms with Crippen LogP contribution >= 0.6 is 11.6 Å². The zero-order valence-electron chi connectivity index (χ0n) is 7.37. The summed E-state index contributed by atoms with van der Waals surface area (Å²) in [5, 5.41) is 9.04. The molecule has 1 N–H and O–H groups in total. The average Bonchev–Trinajstić information content (AvgIpc) is 2.15. The Morgan fingerprint density at radius 1 is 1.56 bits per heavy atom. The molecule has 0 aliphatic carbocycles. The van der Waals surface area contributed by atoms with Gasteiger partial charge in [-0.15, -0.1) is 0 Å². The summed E-state index contributed by atoms with van der Waals surface area (Å²) in [5.41, 5.74) is -3.11. The summed E-state index contributed by atoms with van der Waals surface area (Å²) in [7, 11) is 0. The summed E-state index contributed by atoms with van der Waals surface area (Å²) in [4.78, 5) is 32.4. The largest absolute Gasteiger partial charge is 0.358 e. The van der Waals surface area contributed by atoms with Crippen LogP contribution in [0, 0.1) is 10.1 Å². The number of carbonyl (C=O) groups is 1. The van der Waals surface area contributed by atoms with E-state index in [1.165, 1.54) is 0 Å². The molecule has 9 heteroatoms. The number of hydrogen-bond acceptors (Lipinski definition) is 4. The van der Waals surface area contributed by atoms with E-state index in [2.05, 4.69) is 0 Å². The number of nitrogens with one attached hydrogen (secondary N) is 1. The van der Waals surface area contributed by atoms with Crippen LogP contribution in [0.25, 0.3) is 0 Å². The maximum absolute atomic E-state index is 12.5. The third kappa shape index (κ3) is 2.22. The number of nitro groups is 1. The number of pyridine rings is 1. The third-order valence-corrected chi connectivity index (χ3v) is 1.88. The molecule has 0 atom stereocenters. The quantitative estimate of drug-likeness (QED) is 0.502. The van der Waals surface area contributed by atoms with Gasteiger partial charge in [0.25, 0.3) is 11.7 Å². The molecular formula is C7H3ClF2N2O4. The van der Waals surface area contributed by atoms with Gasteiger partial charge < -0.3 is 10.1 Å². The number of rotatable bonds is 3. The normalized spacial score (nSPS) is 10.5. The van der Waals surface area contributed by atoms with Crippen LogP contribution in [0.3, 0.4) is 0 Å². The van der Waals surface area contributed by atoms with Gasteiger partial charge in [0.05, 0.1) is 5.56 Å². The van der Waals surface area contributed by atoms with Crippen molar-refractivity contribution < 1.29 is 18.5 Å². The van der Waals surface area contributed by atoms with E-state index in [9.17, 15) is 28.5 Å². The second-order valence-electron chi connectivity index (χ2n) is 2.64. The molecule has 0 saturated heterocycles. The fourth-order valence-electron chi connectivity index (χ4n) is 1.08. The van der Waals surface area contributed by atoms with Crippen LogP contribution in [-0.2, 0) is 0 Å². The van der Waals surface area contributed by atoms with Crippen molar-refractivity contribution in [2.45, 2.75) is 6.43 Å². The number of carbonyl (C=O) groups excluding carboxylic acids is 1. The molecule has 16 heavy (non-hydrogen) atoms. The summed E-state index contributed by atoms with van der Waals surface area (Å²) < 4.78 is 25.0. The molecule has 6 nitrogen and oxygen atoms in total. The van der Waals surface area contributed by atoms with Crippen LogP contribution in [-0.4, -0.2) is 15.1 Å². The topological polar surface area (TPSA) is 93.1 Å². The van der Waals surface area contributed by atoms with Crippen molar-refractivity contribution in [1.29, 1.82) is 0 Å². The van der Waals surface area contributed by atoms with Crippen molar-refractivity contribution in [3.63, 3.8) is 0 Å². The van der Waals surface area contributed by atoms with Crippen LogP contribution in [0.5, 0.6) is 0 Å². The molecule has 1 aromatic heterocycles. The average molecular weight is 253 g/mol. The van der Waals surface area contributed by atoms with E-state index in [0.29, 0.717) is 6.07 Å². The molecule has 0 aliphatic rings. The van der Waals surface area contributed by atoms with Crippen molar-refractivity contribution in [3.8, 4) is 0 Å². The van der Waals surface area contributed by atoms with Gasteiger partial charge in [-0.1, -0.05) is 0 Å². The van der Waals surface area contributed by atoms with Gasteiger partial charge in [0.15, 0.2) is 0 Å². The zero-order chi connectivity index (χ0) is 12.5. The first kappa shape index (κ1) is 12.2. The van der Waals surface area contributed by atoms with Gasteiger partial charge in [0, 0.05) is 6.07 Å². The maximum Gasteiger partial charge on any atom is 0.333 e. The second kappa shape index (κ2) is 4.35. The van der Waals surface area contributed by atoms with Crippen LogP contribution in [0.1, 0.15) is 22.3 Å². The lowest BCUT2D eigenvalue weighted by atomic mass is 10.1. The second-order valence-corrected chi connectivity index (χ2v) is 2.98.